The Morgan fingerprint density at radius 2 is 1.64 bits per heavy atom. The van der Waals surface area contributed by atoms with Crippen LogP contribution in [0.25, 0.3) is 11.3 Å². The van der Waals surface area contributed by atoms with Gasteiger partial charge in [-0.05, 0) is 52.2 Å². The molecule has 0 aliphatic carbocycles. The maximum atomic E-state index is 13.3. The zero-order valence-electron chi connectivity index (χ0n) is 21.8. The van der Waals surface area contributed by atoms with E-state index in [2.05, 4.69) is 34.2 Å². The molecule has 1 fully saturated rings. The molecule has 1 aliphatic heterocycles. The lowest BCUT2D eigenvalue weighted by Gasteiger charge is -2.28. The van der Waals surface area contributed by atoms with E-state index in [0.717, 1.165) is 24.1 Å². The Bertz CT molecular complexity index is 1330. The molecule has 0 spiro atoms. The van der Waals surface area contributed by atoms with E-state index >= 15 is 0 Å². The first-order chi connectivity index (χ1) is 17.2. The molecule has 0 bridgehead atoms. The van der Waals surface area contributed by atoms with Gasteiger partial charge in [0.15, 0.2) is 0 Å². The van der Waals surface area contributed by atoms with Gasteiger partial charge in [-0.2, -0.15) is 5.10 Å². The molecule has 9 heteroatoms. The van der Waals surface area contributed by atoms with E-state index < -0.39 is 0 Å². The number of H-pyrrole nitrogens is 1. The predicted octanol–water partition coefficient (Wildman–Crippen LogP) is 3.48. The first-order valence-electron chi connectivity index (χ1n) is 12.8. The number of nitrogens with zero attached hydrogens (tertiary/aromatic N) is 5. The molecular weight excluding hydrogens is 456 g/mol. The van der Waals surface area contributed by atoms with E-state index in [1.807, 2.05) is 44.7 Å². The maximum Gasteiger partial charge on any atom is 0.333 e. The standard InChI is InChI=1S/C27H36N6O3/c1-6-20-8-10-21(11-9-20)22-16-23(29-28-22)26(35)31-13-7-12-30(14-15-31)24-17-25(34)33(19(4)5)27(36)32(24)18(2)3/h8-11,16-19H,6-7,12-15H2,1-5H3,(H,28,29). The van der Waals surface area contributed by atoms with Crippen molar-refractivity contribution in [1.82, 2.24) is 24.2 Å². The number of hydrogen-bond donors (Lipinski definition) is 1. The summed E-state index contributed by atoms with van der Waals surface area (Å²) in [5.74, 6) is 0.516. The van der Waals surface area contributed by atoms with Gasteiger partial charge in [0.2, 0.25) is 0 Å². The van der Waals surface area contributed by atoms with Crippen LogP contribution in [0.4, 0.5) is 5.82 Å². The zero-order chi connectivity index (χ0) is 26.0. The number of aromatic nitrogens is 4. The second-order valence-corrected chi connectivity index (χ2v) is 9.90. The summed E-state index contributed by atoms with van der Waals surface area (Å²) in [7, 11) is 0. The fourth-order valence-corrected chi connectivity index (χ4v) is 4.77. The van der Waals surface area contributed by atoms with Gasteiger partial charge in [0.05, 0.1) is 5.69 Å². The molecular formula is C27H36N6O3. The van der Waals surface area contributed by atoms with Gasteiger partial charge in [0.25, 0.3) is 11.5 Å². The summed E-state index contributed by atoms with van der Waals surface area (Å²) in [5.41, 5.74) is 2.82. The number of aromatic amines is 1. The minimum absolute atomic E-state index is 0.0998. The smallest absolute Gasteiger partial charge is 0.333 e. The van der Waals surface area contributed by atoms with E-state index in [4.69, 9.17) is 0 Å². The van der Waals surface area contributed by atoms with Gasteiger partial charge >= 0.3 is 5.69 Å². The molecule has 2 aromatic heterocycles. The van der Waals surface area contributed by atoms with Crippen LogP contribution in [0.1, 0.15) is 69.2 Å². The van der Waals surface area contributed by atoms with Crippen molar-refractivity contribution in [2.75, 3.05) is 31.1 Å². The van der Waals surface area contributed by atoms with Crippen LogP contribution in [0.3, 0.4) is 0 Å². The Morgan fingerprint density at radius 3 is 2.28 bits per heavy atom. The lowest BCUT2D eigenvalue weighted by Crippen LogP contribution is -2.45. The molecule has 3 aromatic rings. The highest BCUT2D eigenvalue weighted by Gasteiger charge is 2.25. The van der Waals surface area contributed by atoms with Gasteiger partial charge in [0, 0.05) is 49.9 Å². The Kier molecular flexibility index (Phi) is 7.47. The lowest BCUT2D eigenvalue weighted by atomic mass is 10.1. The monoisotopic (exact) mass is 492 g/mol. The second kappa shape index (κ2) is 10.6. The van der Waals surface area contributed by atoms with Crippen molar-refractivity contribution in [3.05, 3.63) is 68.5 Å². The predicted molar refractivity (Wildman–Crippen MR) is 142 cm³/mol. The number of hydrogen-bond acceptors (Lipinski definition) is 5. The molecule has 1 aliphatic rings. The quantitative estimate of drug-likeness (QED) is 0.568. The number of carbonyl (C=O) groups is 1. The van der Waals surface area contributed by atoms with E-state index in [0.29, 0.717) is 37.7 Å². The third-order valence-electron chi connectivity index (χ3n) is 6.76. The van der Waals surface area contributed by atoms with Crippen molar-refractivity contribution in [1.29, 1.82) is 0 Å². The molecule has 0 radical (unpaired) electrons. The summed E-state index contributed by atoms with van der Waals surface area (Å²) in [4.78, 5) is 43.1. The first-order valence-corrected chi connectivity index (χ1v) is 12.8. The van der Waals surface area contributed by atoms with Crippen LogP contribution in [-0.2, 0) is 6.42 Å². The zero-order valence-corrected chi connectivity index (χ0v) is 21.8. The van der Waals surface area contributed by atoms with Crippen LogP contribution >= 0.6 is 0 Å². The molecule has 1 aromatic carbocycles. The average Bonchev–Trinajstić information content (AvgIpc) is 3.21. The van der Waals surface area contributed by atoms with Crippen molar-refractivity contribution in [3.63, 3.8) is 0 Å². The van der Waals surface area contributed by atoms with Crippen LogP contribution in [0.2, 0.25) is 0 Å². The Balaban J connectivity index is 1.53. The fraction of sp³-hybridized carbons (Fsp3) is 0.481. The van der Waals surface area contributed by atoms with Crippen LogP contribution in [-0.4, -0.2) is 56.3 Å². The molecule has 1 saturated heterocycles. The van der Waals surface area contributed by atoms with Crippen molar-refractivity contribution in [2.45, 2.75) is 59.5 Å². The highest BCUT2D eigenvalue weighted by molar-refractivity contribution is 5.93. The second-order valence-electron chi connectivity index (χ2n) is 9.90. The molecule has 3 heterocycles. The highest BCUT2D eigenvalue weighted by Crippen LogP contribution is 2.21. The van der Waals surface area contributed by atoms with E-state index in [9.17, 15) is 14.4 Å². The van der Waals surface area contributed by atoms with Crippen LogP contribution in [0, 0.1) is 0 Å². The average molecular weight is 493 g/mol. The van der Waals surface area contributed by atoms with Gasteiger partial charge in [-0.15, -0.1) is 0 Å². The summed E-state index contributed by atoms with van der Waals surface area (Å²) < 4.78 is 2.98. The number of nitrogens with one attached hydrogen (secondary N) is 1. The molecule has 4 rings (SSSR count). The van der Waals surface area contributed by atoms with Crippen molar-refractivity contribution in [3.8, 4) is 11.3 Å². The molecule has 0 saturated carbocycles. The number of amides is 1. The molecule has 0 atom stereocenters. The first kappa shape index (κ1) is 25.5. The molecule has 9 nitrogen and oxygen atoms in total. The molecule has 0 unspecified atom stereocenters. The normalized spacial score (nSPS) is 14.5. The SMILES string of the molecule is CCc1ccc(-c2cc(C(=O)N3CCCN(c4cc(=O)n(C(C)C)c(=O)n4C(C)C)CC3)[nH]n2)cc1. The summed E-state index contributed by atoms with van der Waals surface area (Å²) in [5, 5.41) is 7.26. The Morgan fingerprint density at radius 1 is 0.944 bits per heavy atom. The van der Waals surface area contributed by atoms with Crippen LogP contribution in [0.15, 0.2) is 46.0 Å². The molecule has 1 N–H and O–H groups in total. The minimum atomic E-state index is -0.295. The minimum Gasteiger partial charge on any atom is -0.356 e. The third kappa shape index (κ3) is 5.01. The fourth-order valence-electron chi connectivity index (χ4n) is 4.77. The topological polar surface area (TPSA) is 96.2 Å². The number of aryl methyl sites for hydroxylation is 1. The van der Waals surface area contributed by atoms with Gasteiger partial charge in [0.1, 0.15) is 11.5 Å². The van der Waals surface area contributed by atoms with Crippen LogP contribution in [0.5, 0.6) is 0 Å². The number of rotatable bonds is 6. The summed E-state index contributed by atoms with van der Waals surface area (Å²) in [6, 6.07) is 11.2. The van der Waals surface area contributed by atoms with Gasteiger partial charge in [-0.3, -0.25) is 23.8 Å². The van der Waals surface area contributed by atoms with E-state index in [1.165, 1.54) is 10.1 Å². The number of carbonyl (C=O) groups excluding carboxylic acids is 1. The molecule has 36 heavy (non-hydrogen) atoms. The van der Waals surface area contributed by atoms with Gasteiger partial charge < -0.3 is 9.80 Å². The molecule has 1 amide bonds. The third-order valence-corrected chi connectivity index (χ3v) is 6.76. The number of benzene rings is 1. The van der Waals surface area contributed by atoms with Gasteiger partial charge in [-0.25, -0.2) is 4.79 Å². The van der Waals surface area contributed by atoms with Crippen molar-refractivity contribution >= 4 is 11.7 Å². The summed E-state index contributed by atoms with van der Waals surface area (Å²) in [6.45, 7) is 11.9. The summed E-state index contributed by atoms with van der Waals surface area (Å²) >= 11 is 0. The maximum absolute atomic E-state index is 13.3. The van der Waals surface area contributed by atoms with E-state index in [-0.39, 0.29) is 29.2 Å². The van der Waals surface area contributed by atoms with Crippen molar-refractivity contribution < 1.29 is 4.79 Å². The van der Waals surface area contributed by atoms with Crippen molar-refractivity contribution in [2.24, 2.45) is 0 Å². The lowest BCUT2D eigenvalue weighted by molar-refractivity contribution is 0.0761. The number of anilines is 1. The highest BCUT2D eigenvalue weighted by atomic mass is 16.2. The Hall–Kier alpha value is -3.62. The van der Waals surface area contributed by atoms with E-state index in [1.54, 1.807) is 16.7 Å². The summed E-state index contributed by atoms with van der Waals surface area (Å²) in [6.07, 6.45) is 1.70. The van der Waals surface area contributed by atoms with Gasteiger partial charge in [-0.1, -0.05) is 31.2 Å². The largest absolute Gasteiger partial charge is 0.356 e. The Labute approximate surface area is 211 Å². The van der Waals surface area contributed by atoms with Crippen LogP contribution < -0.4 is 16.1 Å². The molecule has 192 valence electrons.